The molecule has 16 heavy (non-hydrogen) atoms. The van der Waals surface area contributed by atoms with Gasteiger partial charge in [0, 0.05) is 0 Å². The predicted octanol–water partition coefficient (Wildman–Crippen LogP) is 3.45. The van der Waals surface area contributed by atoms with Crippen LogP contribution in [0.1, 0.15) is 43.6 Å². The summed E-state index contributed by atoms with van der Waals surface area (Å²) in [5.74, 6) is 1.07. The van der Waals surface area contributed by atoms with Gasteiger partial charge in [-0.05, 0) is 42.5 Å². The molecule has 0 aromatic heterocycles. The topological polar surface area (TPSA) is 26.0 Å². The Labute approximate surface area is 96.9 Å². The lowest BCUT2D eigenvalue weighted by molar-refractivity contribution is 0.447. The average molecular weight is 221 g/mol. The third kappa shape index (κ3) is 2.82. The van der Waals surface area contributed by atoms with Crippen LogP contribution in [0.5, 0.6) is 0 Å². The maximum Gasteiger partial charge on any atom is 0.123 e. The lowest BCUT2D eigenvalue weighted by Gasteiger charge is -2.19. The van der Waals surface area contributed by atoms with Crippen LogP contribution in [-0.4, -0.2) is 6.54 Å². The second-order valence-corrected chi connectivity index (χ2v) is 4.87. The first-order valence-electron chi connectivity index (χ1n) is 6.25. The summed E-state index contributed by atoms with van der Waals surface area (Å²) in [6.07, 6.45) is 6.59. The first kappa shape index (κ1) is 11.6. The highest BCUT2D eigenvalue weighted by atomic mass is 19.1. The Hall–Kier alpha value is -0.890. The molecule has 0 bridgehead atoms. The van der Waals surface area contributed by atoms with Crippen molar-refractivity contribution in [1.29, 1.82) is 0 Å². The maximum atomic E-state index is 12.8. The van der Waals surface area contributed by atoms with Crippen LogP contribution in [0.2, 0.25) is 0 Å². The zero-order chi connectivity index (χ0) is 11.4. The third-order valence-corrected chi connectivity index (χ3v) is 3.72. The Morgan fingerprint density at radius 1 is 1.19 bits per heavy atom. The highest BCUT2D eigenvalue weighted by molar-refractivity contribution is 5.20. The molecular formula is C14H20FN. The van der Waals surface area contributed by atoms with E-state index in [1.165, 1.54) is 49.8 Å². The van der Waals surface area contributed by atoms with E-state index in [0.29, 0.717) is 12.5 Å². The van der Waals surface area contributed by atoms with E-state index in [0.717, 1.165) is 5.92 Å². The number of benzene rings is 1. The Morgan fingerprint density at radius 2 is 1.81 bits per heavy atom. The van der Waals surface area contributed by atoms with Gasteiger partial charge in [0.1, 0.15) is 5.82 Å². The molecule has 0 spiro atoms. The van der Waals surface area contributed by atoms with Gasteiger partial charge in [-0.1, -0.05) is 37.8 Å². The minimum absolute atomic E-state index is 0.166. The van der Waals surface area contributed by atoms with Crippen LogP contribution in [0.15, 0.2) is 24.3 Å². The summed E-state index contributed by atoms with van der Waals surface area (Å²) in [5, 5.41) is 0. The number of hydrogen-bond acceptors (Lipinski definition) is 1. The second-order valence-electron chi connectivity index (χ2n) is 4.87. The van der Waals surface area contributed by atoms with Crippen LogP contribution >= 0.6 is 0 Å². The summed E-state index contributed by atoms with van der Waals surface area (Å²) in [6, 6.07) is 6.82. The molecule has 0 aliphatic heterocycles. The molecule has 1 aromatic rings. The SMILES string of the molecule is NCC(CC1CCCC1)c1ccc(F)cc1. The molecule has 0 radical (unpaired) electrons. The van der Waals surface area contributed by atoms with Crippen LogP contribution in [0.25, 0.3) is 0 Å². The Balaban J connectivity index is 2.00. The van der Waals surface area contributed by atoms with Crippen LogP contribution in [0.3, 0.4) is 0 Å². The van der Waals surface area contributed by atoms with Crippen LogP contribution in [0, 0.1) is 11.7 Å². The van der Waals surface area contributed by atoms with Gasteiger partial charge in [-0.3, -0.25) is 0 Å². The molecule has 1 aliphatic rings. The summed E-state index contributed by atoms with van der Waals surface area (Å²) in [6.45, 7) is 0.669. The molecule has 0 heterocycles. The van der Waals surface area contributed by atoms with Gasteiger partial charge in [0.05, 0.1) is 0 Å². The van der Waals surface area contributed by atoms with Gasteiger partial charge in [0.25, 0.3) is 0 Å². The third-order valence-electron chi connectivity index (χ3n) is 3.72. The van der Waals surface area contributed by atoms with Crippen molar-refractivity contribution in [3.05, 3.63) is 35.6 Å². The molecule has 2 N–H and O–H groups in total. The standard InChI is InChI=1S/C14H20FN/c15-14-7-5-12(6-8-14)13(10-16)9-11-3-1-2-4-11/h5-8,11,13H,1-4,9-10,16H2. The second kappa shape index (κ2) is 5.44. The van der Waals surface area contributed by atoms with E-state index < -0.39 is 0 Å². The average Bonchev–Trinajstić information content (AvgIpc) is 2.80. The van der Waals surface area contributed by atoms with E-state index in [1.807, 2.05) is 12.1 Å². The zero-order valence-corrected chi connectivity index (χ0v) is 9.66. The summed E-state index contributed by atoms with van der Waals surface area (Å²) in [7, 11) is 0. The molecule has 2 heteroatoms. The Morgan fingerprint density at radius 3 is 2.38 bits per heavy atom. The number of rotatable bonds is 4. The van der Waals surface area contributed by atoms with Gasteiger partial charge < -0.3 is 5.73 Å². The van der Waals surface area contributed by atoms with Gasteiger partial charge in [0.15, 0.2) is 0 Å². The van der Waals surface area contributed by atoms with Crippen molar-refractivity contribution in [2.75, 3.05) is 6.54 Å². The molecule has 1 nitrogen and oxygen atoms in total. The van der Waals surface area contributed by atoms with Crippen molar-refractivity contribution in [2.24, 2.45) is 11.7 Å². The van der Waals surface area contributed by atoms with Crippen LogP contribution in [-0.2, 0) is 0 Å². The zero-order valence-electron chi connectivity index (χ0n) is 9.66. The molecule has 1 atom stereocenters. The quantitative estimate of drug-likeness (QED) is 0.828. The molecule has 1 saturated carbocycles. The highest BCUT2D eigenvalue weighted by Crippen LogP contribution is 2.33. The molecule has 88 valence electrons. The minimum Gasteiger partial charge on any atom is -0.330 e. The molecule has 1 fully saturated rings. The van der Waals surface area contributed by atoms with Crippen molar-refractivity contribution in [3.63, 3.8) is 0 Å². The predicted molar refractivity (Wildman–Crippen MR) is 64.8 cm³/mol. The van der Waals surface area contributed by atoms with E-state index in [9.17, 15) is 4.39 Å². The maximum absolute atomic E-state index is 12.8. The smallest absolute Gasteiger partial charge is 0.123 e. The van der Waals surface area contributed by atoms with E-state index in [2.05, 4.69) is 0 Å². The Bertz CT molecular complexity index is 314. The fourth-order valence-corrected chi connectivity index (χ4v) is 2.75. The van der Waals surface area contributed by atoms with Crippen molar-refractivity contribution < 1.29 is 4.39 Å². The van der Waals surface area contributed by atoms with Crippen molar-refractivity contribution in [1.82, 2.24) is 0 Å². The Kier molecular flexibility index (Phi) is 3.94. The molecule has 2 rings (SSSR count). The fraction of sp³-hybridized carbons (Fsp3) is 0.571. The van der Waals surface area contributed by atoms with Gasteiger partial charge in [-0.25, -0.2) is 4.39 Å². The molecule has 1 unspecified atom stereocenters. The summed E-state index contributed by atoms with van der Waals surface area (Å²) >= 11 is 0. The fourth-order valence-electron chi connectivity index (χ4n) is 2.75. The number of nitrogens with two attached hydrogens (primary N) is 1. The summed E-state index contributed by atoms with van der Waals surface area (Å²) < 4.78 is 12.8. The highest BCUT2D eigenvalue weighted by Gasteiger charge is 2.20. The largest absolute Gasteiger partial charge is 0.330 e. The van der Waals surface area contributed by atoms with Crippen molar-refractivity contribution in [2.45, 2.75) is 38.0 Å². The molecule has 0 saturated heterocycles. The van der Waals surface area contributed by atoms with E-state index in [-0.39, 0.29) is 5.82 Å². The normalized spacial score (nSPS) is 18.9. The van der Waals surface area contributed by atoms with E-state index >= 15 is 0 Å². The molecule has 0 amide bonds. The van der Waals surface area contributed by atoms with E-state index in [1.54, 1.807) is 0 Å². The summed E-state index contributed by atoms with van der Waals surface area (Å²) in [4.78, 5) is 0. The number of hydrogen-bond donors (Lipinski definition) is 1. The van der Waals surface area contributed by atoms with Gasteiger partial charge in [0.2, 0.25) is 0 Å². The molecule has 1 aliphatic carbocycles. The lowest BCUT2D eigenvalue weighted by Crippen LogP contribution is -2.15. The van der Waals surface area contributed by atoms with Crippen molar-refractivity contribution in [3.8, 4) is 0 Å². The molecule has 1 aromatic carbocycles. The van der Waals surface area contributed by atoms with Crippen LogP contribution < -0.4 is 5.73 Å². The van der Waals surface area contributed by atoms with E-state index in [4.69, 9.17) is 5.73 Å². The first-order valence-corrected chi connectivity index (χ1v) is 6.25. The van der Waals surface area contributed by atoms with Crippen molar-refractivity contribution >= 4 is 0 Å². The van der Waals surface area contributed by atoms with Crippen LogP contribution in [0.4, 0.5) is 4.39 Å². The van der Waals surface area contributed by atoms with Gasteiger partial charge in [-0.15, -0.1) is 0 Å². The minimum atomic E-state index is -0.166. The summed E-state index contributed by atoms with van der Waals surface area (Å²) in [5.41, 5.74) is 7.02. The number of halogens is 1. The monoisotopic (exact) mass is 221 g/mol. The van der Waals surface area contributed by atoms with Gasteiger partial charge >= 0.3 is 0 Å². The van der Waals surface area contributed by atoms with Gasteiger partial charge in [-0.2, -0.15) is 0 Å². The molecular weight excluding hydrogens is 201 g/mol. The lowest BCUT2D eigenvalue weighted by atomic mass is 9.88. The first-order chi connectivity index (χ1) is 7.79.